The van der Waals surface area contributed by atoms with Crippen molar-refractivity contribution in [1.29, 1.82) is 0 Å². The molecule has 0 aromatic rings. The molecule has 2 rings (SSSR count). The van der Waals surface area contributed by atoms with Gasteiger partial charge in [-0.15, -0.1) is 0 Å². The molecular formula is C14H26O4S. The van der Waals surface area contributed by atoms with Crippen LogP contribution in [0.3, 0.4) is 0 Å². The molecule has 0 heterocycles. The number of ketones is 1. The molecule has 5 heteroatoms. The number of Topliss-reactive ketones (excluding diaryl/α,β-unsaturated/α-hetero) is 1. The van der Waals surface area contributed by atoms with E-state index in [0.717, 1.165) is 19.3 Å². The Morgan fingerprint density at radius 1 is 1.32 bits per heavy atom. The zero-order valence-corrected chi connectivity index (χ0v) is 13.2. The monoisotopic (exact) mass is 290 g/mol. The van der Waals surface area contributed by atoms with E-state index in [9.17, 15) is 13.2 Å². The van der Waals surface area contributed by atoms with Gasteiger partial charge in [-0.25, -0.2) is 0 Å². The molecule has 2 aliphatic carbocycles. The first kappa shape index (κ1) is 16.6. The molecule has 19 heavy (non-hydrogen) atoms. The molecule has 0 radical (unpaired) electrons. The second kappa shape index (κ2) is 5.52. The summed E-state index contributed by atoms with van der Waals surface area (Å²) >= 11 is 0. The Hall–Kier alpha value is -0.420. The lowest BCUT2D eigenvalue weighted by Gasteiger charge is -2.32. The minimum Gasteiger partial charge on any atom is -0.299 e. The number of hydrogen-bond donors (Lipinski definition) is 1. The van der Waals surface area contributed by atoms with Gasteiger partial charge in [0.25, 0.3) is 10.1 Å². The molecule has 0 aliphatic heterocycles. The van der Waals surface area contributed by atoms with Crippen molar-refractivity contribution >= 4 is 15.9 Å². The summed E-state index contributed by atoms with van der Waals surface area (Å²) in [5.74, 6) is 1.09. The van der Waals surface area contributed by atoms with E-state index in [1.54, 1.807) is 0 Å². The fourth-order valence-corrected chi connectivity index (χ4v) is 3.88. The number of rotatable bonds is 3. The Kier molecular flexibility index (Phi) is 4.84. The number of hydrogen-bond acceptors (Lipinski definition) is 3. The van der Waals surface area contributed by atoms with Gasteiger partial charge >= 0.3 is 0 Å². The number of carbonyl (C=O) groups excluding carboxylic acids is 1. The lowest BCUT2D eigenvalue weighted by molar-refractivity contribution is -0.128. The summed E-state index contributed by atoms with van der Waals surface area (Å²) in [4.78, 5) is 11.6. The van der Waals surface area contributed by atoms with Crippen molar-refractivity contribution in [3.8, 4) is 0 Å². The second-order valence-electron chi connectivity index (χ2n) is 6.56. The summed E-state index contributed by atoms with van der Waals surface area (Å²) in [7, 11) is -3.69. The van der Waals surface area contributed by atoms with Gasteiger partial charge in [-0.2, -0.15) is 8.42 Å². The molecule has 0 aromatic heterocycles. The van der Waals surface area contributed by atoms with Crippen LogP contribution in [0.2, 0.25) is 0 Å². The Bertz CT molecular complexity index is 438. The zero-order chi connectivity index (χ0) is 14.9. The maximum atomic E-state index is 11.6. The van der Waals surface area contributed by atoms with E-state index in [2.05, 4.69) is 20.8 Å². The van der Waals surface area contributed by atoms with Crippen molar-refractivity contribution in [2.24, 2.45) is 16.7 Å². The molecule has 2 fully saturated rings. The van der Waals surface area contributed by atoms with Crippen LogP contribution in [0.15, 0.2) is 0 Å². The van der Waals surface area contributed by atoms with E-state index in [4.69, 9.17) is 4.55 Å². The molecule has 2 bridgehead atoms. The SMILES string of the molecule is CC12CCC(CC1=O)C2(C)C.CCCCS(=O)(=O)O. The van der Waals surface area contributed by atoms with Crippen molar-refractivity contribution < 1.29 is 17.8 Å². The van der Waals surface area contributed by atoms with Gasteiger partial charge < -0.3 is 0 Å². The van der Waals surface area contributed by atoms with Gasteiger partial charge in [0.1, 0.15) is 5.78 Å². The molecule has 4 nitrogen and oxygen atoms in total. The van der Waals surface area contributed by atoms with Crippen LogP contribution in [-0.2, 0) is 14.9 Å². The molecule has 1 N–H and O–H groups in total. The fraction of sp³-hybridized carbons (Fsp3) is 0.929. The molecule has 2 aliphatic rings. The molecule has 0 amide bonds. The van der Waals surface area contributed by atoms with Gasteiger partial charge in [0.2, 0.25) is 0 Å². The third kappa shape index (κ3) is 3.37. The second-order valence-corrected chi connectivity index (χ2v) is 8.13. The molecule has 0 saturated heterocycles. The minimum absolute atomic E-state index is 0.0255. The first-order valence-electron chi connectivity index (χ1n) is 7.03. The average molecular weight is 290 g/mol. The minimum atomic E-state index is -3.69. The predicted molar refractivity (Wildman–Crippen MR) is 75.6 cm³/mol. The maximum absolute atomic E-state index is 11.6. The Morgan fingerprint density at radius 3 is 2.05 bits per heavy atom. The summed E-state index contributed by atoms with van der Waals surface area (Å²) < 4.78 is 28.0. The molecule has 2 atom stereocenters. The average Bonchev–Trinajstić information content (AvgIpc) is 2.59. The van der Waals surface area contributed by atoms with Gasteiger partial charge in [0, 0.05) is 11.8 Å². The van der Waals surface area contributed by atoms with Crippen molar-refractivity contribution in [2.75, 3.05) is 5.75 Å². The number of carbonyl (C=O) groups is 1. The summed E-state index contributed by atoms with van der Waals surface area (Å²) in [6.45, 7) is 8.54. The quantitative estimate of drug-likeness (QED) is 0.811. The van der Waals surface area contributed by atoms with Gasteiger partial charge in [-0.1, -0.05) is 34.1 Å². The smallest absolute Gasteiger partial charge is 0.264 e. The molecule has 0 aromatic carbocycles. The summed E-state index contributed by atoms with van der Waals surface area (Å²) in [6, 6.07) is 0. The van der Waals surface area contributed by atoms with Crippen LogP contribution in [0.5, 0.6) is 0 Å². The molecule has 112 valence electrons. The Morgan fingerprint density at radius 2 is 1.89 bits per heavy atom. The van der Waals surface area contributed by atoms with Gasteiger partial charge in [-0.3, -0.25) is 9.35 Å². The third-order valence-electron chi connectivity index (χ3n) is 5.24. The van der Waals surface area contributed by atoms with Crippen LogP contribution in [0, 0.1) is 16.7 Å². The predicted octanol–water partition coefficient (Wildman–Crippen LogP) is 3.08. The Labute approximate surface area is 116 Å². The van der Waals surface area contributed by atoms with E-state index in [1.807, 2.05) is 6.92 Å². The highest BCUT2D eigenvalue weighted by Gasteiger charge is 2.61. The lowest BCUT2D eigenvalue weighted by atomic mass is 9.70. The molecular weight excluding hydrogens is 264 g/mol. The Balaban J connectivity index is 0.000000203. The highest BCUT2D eigenvalue weighted by Crippen LogP contribution is 2.63. The van der Waals surface area contributed by atoms with Crippen molar-refractivity contribution in [2.45, 2.75) is 59.8 Å². The van der Waals surface area contributed by atoms with Crippen LogP contribution in [-0.4, -0.2) is 24.5 Å². The van der Waals surface area contributed by atoms with E-state index >= 15 is 0 Å². The largest absolute Gasteiger partial charge is 0.299 e. The number of unbranched alkanes of at least 4 members (excludes halogenated alkanes) is 1. The van der Waals surface area contributed by atoms with Crippen LogP contribution in [0.25, 0.3) is 0 Å². The summed E-state index contributed by atoms with van der Waals surface area (Å²) in [6.07, 6.45) is 4.58. The highest BCUT2D eigenvalue weighted by molar-refractivity contribution is 7.85. The third-order valence-corrected chi connectivity index (χ3v) is 6.04. The fourth-order valence-electron chi connectivity index (χ4n) is 3.23. The van der Waals surface area contributed by atoms with Crippen molar-refractivity contribution in [1.82, 2.24) is 0 Å². The van der Waals surface area contributed by atoms with Gasteiger partial charge in [0.05, 0.1) is 5.75 Å². The van der Waals surface area contributed by atoms with E-state index in [-0.39, 0.29) is 16.6 Å². The van der Waals surface area contributed by atoms with Gasteiger partial charge in [0.15, 0.2) is 0 Å². The van der Waals surface area contributed by atoms with E-state index in [0.29, 0.717) is 18.1 Å². The van der Waals surface area contributed by atoms with Crippen molar-refractivity contribution in [3.05, 3.63) is 0 Å². The maximum Gasteiger partial charge on any atom is 0.264 e. The summed E-state index contributed by atoms with van der Waals surface area (Å²) in [5.41, 5.74) is 0.307. The lowest BCUT2D eigenvalue weighted by Crippen LogP contribution is -2.32. The number of fused-ring (bicyclic) bond motifs is 2. The van der Waals surface area contributed by atoms with Crippen LogP contribution in [0.4, 0.5) is 0 Å². The van der Waals surface area contributed by atoms with E-state index < -0.39 is 10.1 Å². The first-order valence-corrected chi connectivity index (χ1v) is 8.64. The highest BCUT2D eigenvalue weighted by atomic mass is 32.2. The van der Waals surface area contributed by atoms with Crippen LogP contribution in [0.1, 0.15) is 59.8 Å². The zero-order valence-electron chi connectivity index (χ0n) is 12.4. The topological polar surface area (TPSA) is 71.4 Å². The van der Waals surface area contributed by atoms with Crippen LogP contribution >= 0.6 is 0 Å². The molecule has 2 unspecified atom stereocenters. The molecule has 0 spiro atoms. The van der Waals surface area contributed by atoms with Gasteiger partial charge in [-0.05, 0) is 30.6 Å². The normalized spacial score (nSPS) is 32.1. The van der Waals surface area contributed by atoms with Crippen LogP contribution < -0.4 is 0 Å². The first-order chi connectivity index (χ1) is 8.54. The molecule has 2 saturated carbocycles. The summed E-state index contributed by atoms with van der Waals surface area (Å²) in [5, 5.41) is 0. The van der Waals surface area contributed by atoms with Crippen molar-refractivity contribution in [3.63, 3.8) is 0 Å². The standard InChI is InChI=1S/C10H16O.C4H10O3S/c1-9(2)7-4-5-10(9,3)8(11)6-7;1-2-3-4-8(5,6)7/h7H,4-6H2,1-3H3;2-4H2,1H3,(H,5,6,7). The van der Waals surface area contributed by atoms with E-state index in [1.165, 1.54) is 6.42 Å².